The highest BCUT2D eigenvalue weighted by Crippen LogP contribution is 2.33. The van der Waals surface area contributed by atoms with Crippen LogP contribution in [0.1, 0.15) is 37.3 Å². The van der Waals surface area contributed by atoms with Gasteiger partial charge in [-0.05, 0) is 32.2 Å². The van der Waals surface area contributed by atoms with Crippen LogP contribution in [0.3, 0.4) is 0 Å². The maximum atomic E-state index is 12.0. The number of rotatable bonds is 5. The minimum atomic E-state index is -0.0330. The number of nitrogens with one attached hydrogen (secondary N) is 2. The van der Waals surface area contributed by atoms with Crippen LogP contribution in [-0.2, 0) is 17.6 Å². The van der Waals surface area contributed by atoms with Crippen LogP contribution in [-0.4, -0.2) is 24.5 Å². The van der Waals surface area contributed by atoms with Crippen molar-refractivity contribution in [1.29, 1.82) is 0 Å². The van der Waals surface area contributed by atoms with Crippen molar-refractivity contribution < 1.29 is 4.79 Å². The van der Waals surface area contributed by atoms with Gasteiger partial charge in [0, 0.05) is 17.3 Å². The third kappa shape index (κ3) is 3.54. The molecular weight excluding hydrogens is 258 g/mol. The Bertz CT molecular complexity index is 444. The van der Waals surface area contributed by atoms with Gasteiger partial charge in [-0.3, -0.25) is 4.79 Å². The Morgan fingerprint density at radius 1 is 1.58 bits per heavy atom. The summed E-state index contributed by atoms with van der Waals surface area (Å²) in [6, 6.07) is 0. The summed E-state index contributed by atoms with van der Waals surface area (Å²) >= 11 is 1.65. The number of amides is 1. The van der Waals surface area contributed by atoms with Crippen LogP contribution in [0.25, 0.3) is 0 Å². The Balaban J connectivity index is 1.99. The first-order valence-corrected chi connectivity index (χ1v) is 7.89. The van der Waals surface area contributed by atoms with Gasteiger partial charge in [0.15, 0.2) is 5.13 Å². The summed E-state index contributed by atoms with van der Waals surface area (Å²) in [5.41, 5.74) is 1.20. The second-order valence-corrected chi connectivity index (χ2v) is 6.44. The lowest BCUT2D eigenvalue weighted by Gasteiger charge is -2.18. The lowest BCUT2D eigenvalue weighted by atomic mass is 9.89. The summed E-state index contributed by atoms with van der Waals surface area (Å²) in [5, 5.41) is 6.74. The summed E-state index contributed by atoms with van der Waals surface area (Å²) in [7, 11) is 1.86. The molecule has 1 aliphatic rings. The molecule has 4 nitrogen and oxygen atoms in total. The number of aryl methyl sites for hydroxylation is 1. The quantitative estimate of drug-likeness (QED) is 0.871. The predicted octanol–water partition coefficient (Wildman–Crippen LogP) is 2.45. The van der Waals surface area contributed by atoms with Crippen molar-refractivity contribution >= 4 is 22.4 Å². The van der Waals surface area contributed by atoms with E-state index in [9.17, 15) is 4.79 Å². The lowest BCUT2D eigenvalue weighted by Crippen LogP contribution is -2.28. The molecule has 1 aromatic rings. The Kier molecular flexibility index (Phi) is 4.93. The fourth-order valence-electron chi connectivity index (χ4n) is 2.47. The zero-order valence-corrected chi connectivity index (χ0v) is 12.8. The second-order valence-electron chi connectivity index (χ2n) is 5.35. The molecule has 1 heterocycles. The van der Waals surface area contributed by atoms with Crippen LogP contribution >= 0.6 is 11.3 Å². The van der Waals surface area contributed by atoms with E-state index in [1.54, 1.807) is 11.3 Å². The minimum absolute atomic E-state index is 0.0330. The average Bonchev–Trinajstić information content (AvgIpc) is 2.79. The number of aromatic nitrogens is 1. The van der Waals surface area contributed by atoms with Crippen LogP contribution in [0, 0.1) is 11.8 Å². The molecule has 1 aromatic heterocycles. The second kappa shape index (κ2) is 6.48. The molecule has 2 atom stereocenters. The van der Waals surface area contributed by atoms with E-state index >= 15 is 0 Å². The first kappa shape index (κ1) is 14.5. The maximum Gasteiger partial charge on any atom is 0.230 e. The molecule has 0 radical (unpaired) electrons. The van der Waals surface area contributed by atoms with Crippen molar-refractivity contribution in [2.24, 2.45) is 11.8 Å². The first-order valence-electron chi connectivity index (χ1n) is 7.08. The SMILES string of the molecule is CCC1CCc2nc(NC(=O)C(C)CNC)sc2C1. The molecule has 0 aliphatic heterocycles. The van der Waals surface area contributed by atoms with E-state index in [0.29, 0.717) is 6.54 Å². The minimum Gasteiger partial charge on any atom is -0.319 e. The summed E-state index contributed by atoms with van der Waals surface area (Å²) in [6.45, 7) is 4.86. The number of carbonyl (C=O) groups excluding carboxylic acids is 1. The summed E-state index contributed by atoms with van der Waals surface area (Å²) in [4.78, 5) is 17.9. The Labute approximate surface area is 119 Å². The van der Waals surface area contributed by atoms with E-state index in [2.05, 4.69) is 22.5 Å². The van der Waals surface area contributed by atoms with Gasteiger partial charge in [-0.25, -0.2) is 4.98 Å². The third-order valence-corrected chi connectivity index (χ3v) is 4.84. The van der Waals surface area contributed by atoms with Crippen LogP contribution in [0.2, 0.25) is 0 Å². The van der Waals surface area contributed by atoms with Crippen molar-refractivity contribution in [3.05, 3.63) is 10.6 Å². The molecule has 2 rings (SSSR count). The van der Waals surface area contributed by atoms with Crippen molar-refractivity contribution in [2.45, 2.75) is 39.5 Å². The van der Waals surface area contributed by atoms with Crippen molar-refractivity contribution in [2.75, 3.05) is 18.9 Å². The predicted molar refractivity (Wildman–Crippen MR) is 79.6 cm³/mol. The highest BCUT2D eigenvalue weighted by atomic mass is 32.1. The van der Waals surface area contributed by atoms with Crippen molar-refractivity contribution in [1.82, 2.24) is 10.3 Å². The molecule has 0 fully saturated rings. The van der Waals surface area contributed by atoms with E-state index in [0.717, 1.165) is 23.9 Å². The summed E-state index contributed by atoms with van der Waals surface area (Å²) in [6.07, 6.45) is 4.66. The van der Waals surface area contributed by atoms with Crippen LogP contribution < -0.4 is 10.6 Å². The number of anilines is 1. The number of carbonyl (C=O) groups is 1. The van der Waals surface area contributed by atoms with Gasteiger partial charge in [-0.1, -0.05) is 20.3 Å². The van der Waals surface area contributed by atoms with Crippen LogP contribution in [0.5, 0.6) is 0 Å². The third-order valence-electron chi connectivity index (χ3n) is 3.81. The summed E-state index contributed by atoms with van der Waals surface area (Å²) in [5.74, 6) is 0.807. The van der Waals surface area contributed by atoms with Gasteiger partial charge >= 0.3 is 0 Å². The average molecular weight is 281 g/mol. The van der Waals surface area contributed by atoms with Gasteiger partial charge in [0.1, 0.15) is 0 Å². The molecule has 1 aliphatic carbocycles. The van der Waals surface area contributed by atoms with Gasteiger partial charge in [0.25, 0.3) is 0 Å². The molecule has 2 N–H and O–H groups in total. The molecule has 106 valence electrons. The van der Waals surface area contributed by atoms with Gasteiger partial charge in [-0.15, -0.1) is 11.3 Å². The summed E-state index contributed by atoms with van der Waals surface area (Å²) < 4.78 is 0. The number of thiazole rings is 1. The molecule has 0 saturated heterocycles. The van der Waals surface area contributed by atoms with Gasteiger partial charge < -0.3 is 10.6 Å². The van der Waals surface area contributed by atoms with E-state index in [1.165, 1.54) is 23.4 Å². The zero-order valence-electron chi connectivity index (χ0n) is 12.0. The van der Waals surface area contributed by atoms with E-state index in [4.69, 9.17) is 0 Å². The van der Waals surface area contributed by atoms with E-state index < -0.39 is 0 Å². The number of nitrogens with zero attached hydrogens (tertiary/aromatic N) is 1. The van der Waals surface area contributed by atoms with Gasteiger partial charge in [0.05, 0.1) is 5.69 Å². The molecule has 2 unspecified atom stereocenters. The fraction of sp³-hybridized carbons (Fsp3) is 0.714. The Morgan fingerprint density at radius 2 is 2.37 bits per heavy atom. The molecule has 0 spiro atoms. The van der Waals surface area contributed by atoms with Crippen LogP contribution in [0.15, 0.2) is 0 Å². The molecule has 19 heavy (non-hydrogen) atoms. The highest BCUT2D eigenvalue weighted by molar-refractivity contribution is 7.15. The molecule has 0 bridgehead atoms. The monoisotopic (exact) mass is 281 g/mol. The standard InChI is InChI=1S/C14H23N3OS/c1-4-10-5-6-11-12(7-10)19-14(16-11)17-13(18)9(2)8-15-3/h9-10,15H,4-8H2,1-3H3,(H,16,17,18). The van der Waals surface area contributed by atoms with E-state index in [1.807, 2.05) is 14.0 Å². The van der Waals surface area contributed by atoms with E-state index in [-0.39, 0.29) is 11.8 Å². The fourth-order valence-corrected chi connectivity index (χ4v) is 3.60. The van der Waals surface area contributed by atoms with Crippen molar-refractivity contribution in [3.8, 4) is 0 Å². The topological polar surface area (TPSA) is 54.0 Å². The molecule has 0 saturated carbocycles. The number of fused-ring (bicyclic) bond motifs is 1. The smallest absolute Gasteiger partial charge is 0.230 e. The molecular formula is C14H23N3OS. The highest BCUT2D eigenvalue weighted by Gasteiger charge is 2.22. The Hall–Kier alpha value is -0.940. The zero-order chi connectivity index (χ0) is 13.8. The largest absolute Gasteiger partial charge is 0.319 e. The van der Waals surface area contributed by atoms with Gasteiger partial charge in [-0.2, -0.15) is 0 Å². The molecule has 1 amide bonds. The van der Waals surface area contributed by atoms with Crippen LogP contribution in [0.4, 0.5) is 5.13 Å². The number of hydrogen-bond acceptors (Lipinski definition) is 4. The maximum absolute atomic E-state index is 12.0. The number of hydrogen-bond donors (Lipinski definition) is 2. The molecule has 5 heteroatoms. The Morgan fingerprint density at radius 3 is 3.05 bits per heavy atom. The van der Waals surface area contributed by atoms with Gasteiger partial charge in [0.2, 0.25) is 5.91 Å². The lowest BCUT2D eigenvalue weighted by molar-refractivity contribution is -0.119. The first-order chi connectivity index (χ1) is 9.13. The molecule has 0 aromatic carbocycles. The normalized spacial score (nSPS) is 19.8. The van der Waals surface area contributed by atoms with Crippen molar-refractivity contribution in [3.63, 3.8) is 0 Å².